The zero-order chi connectivity index (χ0) is 42.1. The molecule has 0 spiro atoms. The third-order valence-electron chi connectivity index (χ3n) is 11.4. The summed E-state index contributed by atoms with van der Waals surface area (Å²) >= 11 is 0. The summed E-state index contributed by atoms with van der Waals surface area (Å²) in [5, 5.41) is 13.2. The predicted molar refractivity (Wildman–Crippen MR) is 260 cm³/mol. The van der Waals surface area contributed by atoms with Crippen LogP contribution in [-0.2, 0) is 0 Å². The first-order chi connectivity index (χ1) is 31.1. The Labute approximate surface area is 363 Å². The normalized spacial score (nSPS) is 11.9. The lowest BCUT2D eigenvalue weighted by Gasteiger charge is -2.27. The van der Waals surface area contributed by atoms with Crippen LogP contribution in [0.2, 0.25) is 0 Å². The summed E-state index contributed by atoms with van der Waals surface area (Å²) in [6, 6.07) is 74.1. The highest BCUT2D eigenvalue weighted by Gasteiger charge is 2.21. The van der Waals surface area contributed by atoms with Crippen molar-refractivity contribution >= 4 is 78.8 Å². The van der Waals surface area contributed by atoms with Gasteiger partial charge in [0.05, 0.1) is 11.1 Å². The number of furan rings is 2. The summed E-state index contributed by atoms with van der Waals surface area (Å²) in [6.45, 7) is 0. The number of nitrogens with one attached hydrogen (secondary N) is 1. The van der Waals surface area contributed by atoms with Crippen LogP contribution in [0.25, 0.3) is 66.1 Å². The second-order valence-electron chi connectivity index (χ2n) is 15.4. The molecule has 0 bridgehead atoms. The molecule has 6 heteroatoms. The molecule has 0 amide bonds. The van der Waals surface area contributed by atoms with Gasteiger partial charge in [-0.3, -0.25) is 5.41 Å². The first-order valence-corrected chi connectivity index (χ1v) is 20.9. The molecule has 298 valence electrons. The minimum atomic E-state index is 0.102. The number of rotatable bonds is 8. The molecule has 0 saturated heterocycles. The van der Waals surface area contributed by atoms with E-state index in [9.17, 15) is 5.41 Å². The van der Waals surface area contributed by atoms with Gasteiger partial charge in [0.15, 0.2) is 11.7 Å². The number of anilines is 3. The Kier molecular flexibility index (Phi) is 9.56. The first-order valence-electron chi connectivity index (χ1n) is 20.9. The van der Waals surface area contributed by atoms with Crippen molar-refractivity contribution in [2.45, 2.75) is 0 Å². The minimum absolute atomic E-state index is 0.102. The fourth-order valence-electron chi connectivity index (χ4n) is 8.43. The summed E-state index contributed by atoms with van der Waals surface area (Å²) in [6.07, 6.45) is 1.78. The molecule has 11 aromatic rings. The Hall–Kier alpha value is -8.61. The van der Waals surface area contributed by atoms with Crippen LogP contribution in [0, 0.1) is 5.41 Å². The molecule has 11 rings (SSSR count). The van der Waals surface area contributed by atoms with Crippen molar-refractivity contribution in [3.05, 3.63) is 235 Å². The van der Waals surface area contributed by atoms with Crippen LogP contribution in [0.15, 0.2) is 237 Å². The maximum absolute atomic E-state index is 9.26. The predicted octanol–water partition coefficient (Wildman–Crippen LogP) is 15.2. The standard InChI is InChI=1S/C57H38N4O2/c58-56(60-57(41-19-8-3-9-20-41)59-37-38-15-4-1-5-16-38)48-24-13-27-51-54(48)47-34-31-43(36-53(47)63-51)40-29-32-44(33-30-40)61(45-22-12-21-42(35-45)39-17-6-2-7-18-39)49-25-14-28-52-55(49)46-23-10-11-26-50(46)62-52/h1-37,58H. The van der Waals surface area contributed by atoms with E-state index in [1.165, 1.54) is 0 Å². The summed E-state index contributed by atoms with van der Waals surface area (Å²) < 4.78 is 12.9. The summed E-state index contributed by atoms with van der Waals surface area (Å²) in [7, 11) is 0. The highest BCUT2D eigenvalue weighted by Crippen LogP contribution is 2.44. The maximum Gasteiger partial charge on any atom is 0.161 e. The molecule has 0 radical (unpaired) electrons. The molecule has 0 fully saturated rings. The molecule has 0 aliphatic carbocycles. The van der Waals surface area contributed by atoms with E-state index in [4.69, 9.17) is 18.8 Å². The fourth-order valence-corrected chi connectivity index (χ4v) is 8.43. The van der Waals surface area contributed by atoms with Gasteiger partial charge in [0.25, 0.3) is 0 Å². The smallest absolute Gasteiger partial charge is 0.161 e. The van der Waals surface area contributed by atoms with E-state index in [1.807, 2.05) is 103 Å². The number of nitrogens with zero attached hydrogens (tertiary/aromatic N) is 3. The van der Waals surface area contributed by atoms with E-state index < -0.39 is 0 Å². The molecular weight excluding hydrogens is 773 g/mol. The van der Waals surface area contributed by atoms with Gasteiger partial charge in [-0.2, -0.15) is 0 Å². The molecule has 6 nitrogen and oxygen atoms in total. The van der Waals surface area contributed by atoms with Gasteiger partial charge in [0, 0.05) is 44.9 Å². The summed E-state index contributed by atoms with van der Waals surface area (Å²) in [5.41, 5.74) is 13.0. The third kappa shape index (κ3) is 7.15. The lowest BCUT2D eigenvalue weighted by molar-refractivity contribution is 0.668. The third-order valence-corrected chi connectivity index (χ3v) is 11.4. The molecule has 2 heterocycles. The van der Waals surface area contributed by atoms with Crippen molar-refractivity contribution in [3.8, 4) is 22.3 Å². The van der Waals surface area contributed by atoms with E-state index in [0.717, 1.165) is 88.7 Å². The van der Waals surface area contributed by atoms with Crippen molar-refractivity contribution < 1.29 is 8.83 Å². The summed E-state index contributed by atoms with van der Waals surface area (Å²) in [5.74, 6) is 0.558. The first kappa shape index (κ1) is 37.4. The lowest BCUT2D eigenvalue weighted by Crippen LogP contribution is -2.10. The van der Waals surface area contributed by atoms with E-state index in [-0.39, 0.29) is 5.84 Å². The quantitative estimate of drug-likeness (QED) is 0.123. The van der Waals surface area contributed by atoms with Gasteiger partial charge < -0.3 is 13.7 Å². The Bertz CT molecular complexity index is 3510. The number of amidine groups is 2. The van der Waals surface area contributed by atoms with Gasteiger partial charge in [-0.25, -0.2) is 9.98 Å². The number of para-hydroxylation sites is 1. The van der Waals surface area contributed by atoms with Crippen LogP contribution in [0.3, 0.4) is 0 Å². The van der Waals surface area contributed by atoms with Crippen molar-refractivity contribution in [3.63, 3.8) is 0 Å². The molecule has 9 aromatic carbocycles. The second kappa shape index (κ2) is 16.1. The number of hydrogen-bond donors (Lipinski definition) is 1. The molecule has 63 heavy (non-hydrogen) atoms. The van der Waals surface area contributed by atoms with Crippen LogP contribution < -0.4 is 4.90 Å². The van der Waals surface area contributed by atoms with Gasteiger partial charge in [0.1, 0.15) is 22.3 Å². The van der Waals surface area contributed by atoms with Crippen molar-refractivity contribution in [1.82, 2.24) is 0 Å². The van der Waals surface area contributed by atoms with Crippen LogP contribution in [-0.4, -0.2) is 17.9 Å². The second-order valence-corrected chi connectivity index (χ2v) is 15.4. The number of hydrogen-bond acceptors (Lipinski definition) is 4. The van der Waals surface area contributed by atoms with E-state index in [2.05, 4.69) is 120 Å². The van der Waals surface area contributed by atoms with Crippen LogP contribution >= 0.6 is 0 Å². The molecule has 0 aliphatic rings. The van der Waals surface area contributed by atoms with Gasteiger partial charge in [-0.15, -0.1) is 0 Å². The zero-order valence-electron chi connectivity index (χ0n) is 34.0. The number of aliphatic imine (C=N–C) groups is 2. The van der Waals surface area contributed by atoms with Gasteiger partial charge in [-0.1, -0.05) is 158 Å². The van der Waals surface area contributed by atoms with E-state index in [1.54, 1.807) is 6.21 Å². The van der Waals surface area contributed by atoms with Crippen molar-refractivity contribution in [1.29, 1.82) is 5.41 Å². The zero-order valence-corrected chi connectivity index (χ0v) is 34.0. The Balaban J connectivity index is 0.967. The molecular formula is C57H38N4O2. The van der Waals surface area contributed by atoms with Gasteiger partial charge >= 0.3 is 0 Å². The molecule has 0 saturated carbocycles. The maximum atomic E-state index is 9.26. The lowest BCUT2D eigenvalue weighted by atomic mass is 10.0. The van der Waals surface area contributed by atoms with Gasteiger partial charge in [-0.05, 0) is 88.5 Å². The number of benzene rings is 9. The average Bonchev–Trinajstić information content (AvgIpc) is 3.93. The van der Waals surface area contributed by atoms with Gasteiger partial charge in [0.2, 0.25) is 0 Å². The van der Waals surface area contributed by atoms with Crippen molar-refractivity contribution in [2.75, 3.05) is 4.90 Å². The highest BCUT2D eigenvalue weighted by atomic mass is 16.3. The number of fused-ring (bicyclic) bond motifs is 6. The average molecular weight is 811 g/mol. The summed E-state index contributed by atoms with van der Waals surface area (Å²) in [4.78, 5) is 11.9. The monoisotopic (exact) mass is 810 g/mol. The van der Waals surface area contributed by atoms with Crippen LogP contribution in [0.1, 0.15) is 16.7 Å². The highest BCUT2D eigenvalue weighted by molar-refractivity contribution is 6.21. The van der Waals surface area contributed by atoms with Crippen LogP contribution in [0.5, 0.6) is 0 Å². The molecule has 2 aromatic heterocycles. The van der Waals surface area contributed by atoms with E-state index in [0.29, 0.717) is 17.0 Å². The topological polar surface area (TPSA) is 78.1 Å². The molecule has 0 aliphatic heterocycles. The minimum Gasteiger partial charge on any atom is -0.456 e. The van der Waals surface area contributed by atoms with Crippen molar-refractivity contribution in [2.24, 2.45) is 9.98 Å². The fraction of sp³-hybridized carbons (Fsp3) is 0. The molecule has 1 N–H and O–H groups in total. The molecule has 0 unspecified atom stereocenters. The Morgan fingerprint density at radius 3 is 1.84 bits per heavy atom. The van der Waals surface area contributed by atoms with Crippen LogP contribution in [0.4, 0.5) is 17.1 Å². The largest absolute Gasteiger partial charge is 0.456 e. The SMILES string of the molecule is N=C(N=C(N=Cc1ccccc1)c1ccccc1)c1cccc2oc3cc(-c4ccc(N(c5cccc(-c6ccccc6)c5)c5cccc6oc7ccccc7c56)cc4)ccc3c12. The van der Waals surface area contributed by atoms with E-state index >= 15 is 0 Å². The Morgan fingerprint density at radius 2 is 1.03 bits per heavy atom. The molecule has 0 atom stereocenters. The Morgan fingerprint density at radius 1 is 0.444 bits per heavy atom.